The lowest BCUT2D eigenvalue weighted by Crippen LogP contribution is -2.34. The van der Waals surface area contributed by atoms with E-state index in [2.05, 4.69) is 5.32 Å². The molecule has 0 spiro atoms. The Morgan fingerprint density at radius 2 is 1.90 bits per heavy atom. The summed E-state index contributed by atoms with van der Waals surface area (Å²) >= 11 is 0. The van der Waals surface area contributed by atoms with Crippen LogP contribution < -0.4 is 10.1 Å². The second-order valence-corrected chi connectivity index (χ2v) is 5.04. The van der Waals surface area contributed by atoms with Gasteiger partial charge < -0.3 is 15.2 Å². The second-order valence-electron chi connectivity index (χ2n) is 5.04. The quantitative estimate of drug-likeness (QED) is 0.755. The van der Waals surface area contributed by atoms with Crippen molar-refractivity contribution in [2.24, 2.45) is 11.8 Å². The van der Waals surface area contributed by atoms with E-state index in [1.54, 1.807) is 25.3 Å². The van der Waals surface area contributed by atoms with Gasteiger partial charge in [0, 0.05) is 12.6 Å². The van der Waals surface area contributed by atoms with Gasteiger partial charge in [0.15, 0.2) is 0 Å². The Labute approximate surface area is 124 Å². The molecule has 1 unspecified atom stereocenters. The van der Waals surface area contributed by atoms with Crippen molar-refractivity contribution >= 4 is 18.0 Å². The predicted molar refractivity (Wildman–Crippen MR) is 81.0 cm³/mol. The maximum Gasteiger partial charge on any atom is 0.308 e. The van der Waals surface area contributed by atoms with Crippen molar-refractivity contribution in [2.45, 2.75) is 13.8 Å². The first kappa shape index (κ1) is 16.8. The lowest BCUT2D eigenvalue weighted by molar-refractivity contribution is -0.143. The molecule has 0 bridgehead atoms. The lowest BCUT2D eigenvalue weighted by Gasteiger charge is -2.15. The van der Waals surface area contributed by atoms with Crippen molar-refractivity contribution in [1.82, 2.24) is 5.32 Å². The summed E-state index contributed by atoms with van der Waals surface area (Å²) < 4.78 is 5.05. The average molecular weight is 291 g/mol. The Kier molecular flexibility index (Phi) is 6.46. The number of carbonyl (C=O) groups is 2. The summed E-state index contributed by atoms with van der Waals surface area (Å²) in [5.74, 6) is -1.07. The minimum atomic E-state index is -0.899. The zero-order chi connectivity index (χ0) is 15.8. The molecule has 2 N–H and O–H groups in total. The smallest absolute Gasteiger partial charge is 0.308 e. The summed E-state index contributed by atoms with van der Waals surface area (Å²) in [5, 5.41) is 11.6. The van der Waals surface area contributed by atoms with Gasteiger partial charge in [-0.25, -0.2) is 0 Å². The molecule has 114 valence electrons. The number of methoxy groups -OCH3 is 1. The zero-order valence-corrected chi connectivity index (χ0v) is 12.5. The predicted octanol–water partition coefficient (Wildman–Crippen LogP) is 2.18. The number of benzene rings is 1. The molecule has 0 aromatic heterocycles. The Morgan fingerprint density at radius 3 is 2.38 bits per heavy atom. The molecule has 0 heterocycles. The van der Waals surface area contributed by atoms with Crippen LogP contribution in [-0.2, 0) is 9.59 Å². The van der Waals surface area contributed by atoms with E-state index in [9.17, 15) is 9.59 Å². The van der Waals surface area contributed by atoms with Crippen LogP contribution in [0, 0.1) is 11.8 Å². The summed E-state index contributed by atoms with van der Waals surface area (Å²) in [6, 6.07) is 7.27. The van der Waals surface area contributed by atoms with E-state index < -0.39 is 11.9 Å². The maximum atomic E-state index is 11.7. The first-order valence-electron chi connectivity index (χ1n) is 6.76. The van der Waals surface area contributed by atoms with Crippen LogP contribution in [-0.4, -0.2) is 30.6 Å². The molecule has 0 saturated carbocycles. The van der Waals surface area contributed by atoms with E-state index in [1.165, 1.54) is 6.08 Å². The van der Waals surface area contributed by atoms with Gasteiger partial charge in [0.05, 0.1) is 13.0 Å². The fourth-order valence-corrected chi connectivity index (χ4v) is 1.76. The number of ether oxygens (including phenoxy) is 1. The Balaban J connectivity index is 2.52. The molecule has 1 rings (SSSR count). The normalized spacial score (nSPS) is 12.4. The molecular weight excluding hydrogens is 270 g/mol. The number of carbonyl (C=O) groups excluding carboxylic acids is 1. The van der Waals surface area contributed by atoms with Gasteiger partial charge in [0.25, 0.3) is 0 Å². The fourth-order valence-electron chi connectivity index (χ4n) is 1.76. The SMILES string of the molecule is COc1ccc(C=CC(=O)NCC(C(=O)O)C(C)C)cc1. The van der Waals surface area contributed by atoms with Crippen molar-refractivity contribution in [1.29, 1.82) is 0 Å². The molecule has 1 amide bonds. The Hall–Kier alpha value is -2.30. The van der Waals surface area contributed by atoms with Crippen LogP contribution in [0.4, 0.5) is 0 Å². The molecular formula is C16H21NO4. The van der Waals surface area contributed by atoms with Crippen LogP contribution in [0.1, 0.15) is 19.4 Å². The highest BCUT2D eigenvalue weighted by molar-refractivity contribution is 5.92. The molecule has 1 aromatic carbocycles. The highest BCUT2D eigenvalue weighted by Gasteiger charge is 2.21. The van der Waals surface area contributed by atoms with Gasteiger partial charge in [-0.1, -0.05) is 26.0 Å². The number of carboxylic acids is 1. The molecule has 5 nitrogen and oxygen atoms in total. The molecule has 0 fully saturated rings. The standard InChI is InChI=1S/C16H21NO4/c1-11(2)14(16(19)20)10-17-15(18)9-6-12-4-7-13(21-3)8-5-12/h4-9,11,14H,10H2,1-3H3,(H,17,18)(H,19,20). The van der Waals surface area contributed by atoms with E-state index in [4.69, 9.17) is 9.84 Å². The van der Waals surface area contributed by atoms with Crippen molar-refractivity contribution in [3.8, 4) is 5.75 Å². The first-order chi connectivity index (χ1) is 9.93. The van der Waals surface area contributed by atoms with E-state index in [1.807, 2.05) is 26.0 Å². The van der Waals surface area contributed by atoms with Crippen LogP contribution >= 0.6 is 0 Å². The van der Waals surface area contributed by atoms with E-state index >= 15 is 0 Å². The zero-order valence-electron chi connectivity index (χ0n) is 12.5. The maximum absolute atomic E-state index is 11.7. The molecule has 21 heavy (non-hydrogen) atoms. The minimum absolute atomic E-state index is 0.0339. The monoisotopic (exact) mass is 291 g/mol. The van der Waals surface area contributed by atoms with Gasteiger partial charge in [-0.2, -0.15) is 0 Å². The molecule has 0 radical (unpaired) electrons. The van der Waals surface area contributed by atoms with Crippen LogP contribution in [0.3, 0.4) is 0 Å². The van der Waals surface area contributed by atoms with Crippen molar-refractivity contribution in [3.63, 3.8) is 0 Å². The average Bonchev–Trinajstić information content (AvgIpc) is 2.45. The van der Waals surface area contributed by atoms with Gasteiger partial charge in [-0.05, 0) is 29.7 Å². The Morgan fingerprint density at radius 1 is 1.29 bits per heavy atom. The number of nitrogens with one attached hydrogen (secondary N) is 1. The molecule has 0 aliphatic heterocycles. The number of carboxylic acid groups (broad SMARTS) is 1. The van der Waals surface area contributed by atoms with Gasteiger partial charge in [0.1, 0.15) is 5.75 Å². The summed E-state index contributed by atoms with van der Waals surface area (Å²) in [6.45, 7) is 3.76. The van der Waals surface area contributed by atoms with Crippen LogP contribution in [0.5, 0.6) is 5.75 Å². The Bertz CT molecular complexity index is 506. The number of hydrogen-bond acceptors (Lipinski definition) is 3. The number of hydrogen-bond donors (Lipinski definition) is 2. The first-order valence-corrected chi connectivity index (χ1v) is 6.76. The van der Waals surface area contributed by atoms with Crippen LogP contribution in [0.15, 0.2) is 30.3 Å². The highest BCUT2D eigenvalue weighted by atomic mass is 16.5. The van der Waals surface area contributed by atoms with E-state index in [-0.39, 0.29) is 18.4 Å². The fraction of sp³-hybridized carbons (Fsp3) is 0.375. The molecule has 1 atom stereocenters. The minimum Gasteiger partial charge on any atom is -0.497 e. The van der Waals surface area contributed by atoms with Crippen molar-refractivity contribution in [3.05, 3.63) is 35.9 Å². The van der Waals surface area contributed by atoms with E-state index in [0.29, 0.717) is 0 Å². The third-order valence-electron chi connectivity index (χ3n) is 3.16. The number of aliphatic carboxylic acids is 1. The summed E-state index contributed by atoms with van der Waals surface area (Å²) in [6.07, 6.45) is 3.06. The van der Waals surface area contributed by atoms with Gasteiger partial charge in [-0.3, -0.25) is 9.59 Å². The van der Waals surface area contributed by atoms with Crippen molar-refractivity contribution in [2.75, 3.05) is 13.7 Å². The molecule has 0 aliphatic carbocycles. The van der Waals surface area contributed by atoms with Gasteiger partial charge in [0.2, 0.25) is 5.91 Å². The summed E-state index contributed by atoms with van der Waals surface area (Å²) in [7, 11) is 1.59. The largest absolute Gasteiger partial charge is 0.497 e. The summed E-state index contributed by atoms with van der Waals surface area (Å²) in [4.78, 5) is 22.7. The second kappa shape index (κ2) is 8.09. The van der Waals surface area contributed by atoms with Crippen LogP contribution in [0.2, 0.25) is 0 Å². The van der Waals surface area contributed by atoms with Crippen LogP contribution in [0.25, 0.3) is 6.08 Å². The molecule has 0 aliphatic rings. The summed E-state index contributed by atoms with van der Waals surface area (Å²) in [5.41, 5.74) is 0.865. The third-order valence-corrected chi connectivity index (χ3v) is 3.16. The number of amides is 1. The molecule has 1 aromatic rings. The third kappa shape index (κ3) is 5.69. The van der Waals surface area contributed by atoms with E-state index in [0.717, 1.165) is 11.3 Å². The lowest BCUT2D eigenvalue weighted by atomic mass is 9.96. The molecule has 5 heteroatoms. The highest BCUT2D eigenvalue weighted by Crippen LogP contribution is 2.12. The van der Waals surface area contributed by atoms with Gasteiger partial charge >= 0.3 is 5.97 Å². The molecule has 0 saturated heterocycles. The number of rotatable bonds is 7. The van der Waals surface area contributed by atoms with Gasteiger partial charge in [-0.15, -0.1) is 0 Å². The topological polar surface area (TPSA) is 75.6 Å². The van der Waals surface area contributed by atoms with Crippen molar-refractivity contribution < 1.29 is 19.4 Å².